The molecule has 29 heavy (non-hydrogen) atoms. The van der Waals surface area contributed by atoms with E-state index in [1.165, 1.54) is 22.3 Å². The third kappa shape index (κ3) is 3.78. The molecule has 10 heteroatoms. The van der Waals surface area contributed by atoms with Crippen molar-refractivity contribution in [3.8, 4) is 27.8 Å². The Morgan fingerprint density at radius 1 is 1.10 bits per heavy atom. The molecule has 9 nitrogen and oxygen atoms in total. The maximum absolute atomic E-state index is 12.6. The van der Waals surface area contributed by atoms with E-state index in [0.717, 1.165) is 11.3 Å². The Morgan fingerprint density at radius 2 is 1.93 bits per heavy atom. The number of thiazole rings is 1. The zero-order valence-corrected chi connectivity index (χ0v) is 16.4. The second kappa shape index (κ2) is 8.07. The lowest BCUT2D eigenvalue weighted by atomic mass is 10.2. The fraction of sp³-hybridized carbons (Fsp3) is 0.105. The number of aromatic nitrogens is 5. The van der Waals surface area contributed by atoms with Crippen LogP contribution in [0.3, 0.4) is 0 Å². The molecule has 0 atom stereocenters. The van der Waals surface area contributed by atoms with Gasteiger partial charge in [0.1, 0.15) is 17.0 Å². The second-order valence-electron chi connectivity index (χ2n) is 5.83. The number of nitrogens with one attached hydrogen (secondary N) is 1. The molecular formula is C19H16N6O3S. The molecule has 0 radical (unpaired) electrons. The quantitative estimate of drug-likeness (QED) is 0.523. The van der Waals surface area contributed by atoms with E-state index in [4.69, 9.17) is 9.47 Å². The molecule has 0 unspecified atom stereocenters. The Balaban J connectivity index is 1.52. The average Bonchev–Trinajstić information content (AvgIpc) is 3.46. The molecule has 2 heterocycles. The molecule has 2 aromatic carbocycles. The number of benzene rings is 2. The Kier molecular flexibility index (Phi) is 5.16. The summed E-state index contributed by atoms with van der Waals surface area (Å²) in [4.78, 5) is 17.0. The van der Waals surface area contributed by atoms with Gasteiger partial charge < -0.3 is 14.8 Å². The number of carbonyl (C=O) groups excluding carboxylic acids is 1. The van der Waals surface area contributed by atoms with Crippen molar-refractivity contribution in [3.63, 3.8) is 0 Å². The van der Waals surface area contributed by atoms with Gasteiger partial charge in [-0.05, 0) is 46.8 Å². The van der Waals surface area contributed by atoms with Crippen molar-refractivity contribution in [3.05, 3.63) is 59.9 Å². The maximum Gasteiger partial charge on any atom is 0.275 e. The van der Waals surface area contributed by atoms with Crippen LogP contribution in [0.1, 0.15) is 10.5 Å². The molecular weight excluding hydrogens is 392 g/mol. The standard InChI is InChI=1S/C19H16N6O3S/c1-27-16-5-3-4-14(17(16)28-2)19-22-15(10-29-19)18(26)21-12-6-8-13(9-7-12)25-11-20-23-24-25/h3-11H,1-2H3,(H,21,26). The van der Waals surface area contributed by atoms with Crippen LogP contribution < -0.4 is 14.8 Å². The summed E-state index contributed by atoms with van der Waals surface area (Å²) < 4.78 is 12.3. The minimum Gasteiger partial charge on any atom is -0.493 e. The first kappa shape index (κ1) is 18.6. The Labute approximate surface area is 169 Å². The molecule has 0 aliphatic rings. The van der Waals surface area contributed by atoms with Gasteiger partial charge in [0, 0.05) is 11.1 Å². The summed E-state index contributed by atoms with van der Waals surface area (Å²) in [5.74, 6) is 0.882. The van der Waals surface area contributed by atoms with Crippen LogP contribution in [-0.4, -0.2) is 45.3 Å². The van der Waals surface area contributed by atoms with Crippen molar-refractivity contribution in [1.82, 2.24) is 25.2 Å². The highest BCUT2D eigenvalue weighted by atomic mass is 32.1. The molecule has 0 aliphatic carbocycles. The fourth-order valence-electron chi connectivity index (χ4n) is 2.73. The van der Waals surface area contributed by atoms with E-state index in [1.807, 2.05) is 18.2 Å². The van der Waals surface area contributed by atoms with E-state index < -0.39 is 0 Å². The summed E-state index contributed by atoms with van der Waals surface area (Å²) in [7, 11) is 3.15. The van der Waals surface area contributed by atoms with Crippen molar-refractivity contribution in [2.24, 2.45) is 0 Å². The minimum atomic E-state index is -0.301. The van der Waals surface area contributed by atoms with Crippen molar-refractivity contribution in [2.45, 2.75) is 0 Å². The number of carbonyl (C=O) groups is 1. The zero-order chi connectivity index (χ0) is 20.2. The predicted molar refractivity (Wildman–Crippen MR) is 108 cm³/mol. The van der Waals surface area contributed by atoms with Crippen LogP contribution in [0, 0.1) is 0 Å². The lowest BCUT2D eigenvalue weighted by molar-refractivity contribution is 0.102. The maximum atomic E-state index is 12.6. The Bertz CT molecular complexity index is 1130. The Morgan fingerprint density at radius 3 is 2.62 bits per heavy atom. The smallest absolute Gasteiger partial charge is 0.275 e. The van der Waals surface area contributed by atoms with E-state index >= 15 is 0 Å². The fourth-order valence-corrected chi connectivity index (χ4v) is 3.55. The monoisotopic (exact) mass is 408 g/mol. The third-order valence-electron chi connectivity index (χ3n) is 4.11. The van der Waals surface area contributed by atoms with Crippen LogP contribution >= 0.6 is 11.3 Å². The van der Waals surface area contributed by atoms with Crippen LogP contribution in [0.15, 0.2) is 54.2 Å². The SMILES string of the molecule is COc1cccc(-c2nc(C(=O)Nc3ccc(-n4cnnn4)cc3)cs2)c1OC. The molecule has 0 fully saturated rings. The van der Waals surface area contributed by atoms with Gasteiger partial charge >= 0.3 is 0 Å². The lowest BCUT2D eigenvalue weighted by Gasteiger charge is -2.10. The van der Waals surface area contributed by atoms with Crippen LogP contribution in [0.2, 0.25) is 0 Å². The number of rotatable bonds is 6. The molecule has 0 spiro atoms. The highest BCUT2D eigenvalue weighted by molar-refractivity contribution is 7.13. The number of para-hydroxylation sites is 1. The summed E-state index contributed by atoms with van der Waals surface area (Å²) in [5, 5.41) is 16.2. The molecule has 0 aliphatic heterocycles. The molecule has 1 amide bonds. The highest BCUT2D eigenvalue weighted by Crippen LogP contribution is 2.39. The summed E-state index contributed by atoms with van der Waals surface area (Å²) in [5.41, 5.74) is 2.51. The summed E-state index contributed by atoms with van der Waals surface area (Å²) in [6.07, 6.45) is 1.50. The van der Waals surface area contributed by atoms with Crippen molar-refractivity contribution in [1.29, 1.82) is 0 Å². The molecule has 1 N–H and O–H groups in total. The van der Waals surface area contributed by atoms with Crippen LogP contribution in [0.5, 0.6) is 11.5 Å². The number of ether oxygens (including phenoxy) is 2. The van der Waals surface area contributed by atoms with Crippen molar-refractivity contribution >= 4 is 22.9 Å². The van der Waals surface area contributed by atoms with E-state index in [-0.39, 0.29) is 5.91 Å². The molecule has 0 bridgehead atoms. The number of anilines is 1. The second-order valence-corrected chi connectivity index (χ2v) is 6.69. The topological polar surface area (TPSA) is 104 Å². The van der Waals surface area contributed by atoms with Crippen molar-refractivity contribution < 1.29 is 14.3 Å². The first-order valence-corrected chi connectivity index (χ1v) is 9.39. The lowest BCUT2D eigenvalue weighted by Crippen LogP contribution is -2.12. The number of tetrazole rings is 1. The first-order chi connectivity index (χ1) is 14.2. The van der Waals surface area contributed by atoms with E-state index in [2.05, 4.69) is 25.8 Å². The summed E-state index contributed by atoms with van der Waals surface area (Å²) in [6.45, 7) is 0. The van der Waals surface area contributed by atoms with E-state index in [1.54, 1.807) is 43.9 Å². The molecule has 2 aromatic heterocycles. The van der Waals surface area contributed by atoms with Crippen LogP contribution in [-0.2, 0) is 0 Å². The van der Waals surface area contributed by atoms with Gasteiger partial charge in [0.05, 0.1) is 25.5 Å². The van der Waals surface area contributed by atoms with E-state index in [9.17, 15) is 4.79 Å². The first-order valence-electron chi connectivity index (χ1n) is 8.51. The van der Waals surface area contributed by atoms with Crippen LogP contribution in [0.4, 0.5) is 5.69 Å². The molecule has 4 aromatic rings. The van der Waals surface area contributed by atoms with Gasteiger partial charge in [-0.25, -0.2) is 9.67 Å². The van der Waals surface area contributed by atoms with Crippen LogP contribution in [0.25, 0.3) is 16.3 Å². The van der Waals surface area contributed by atoms with Gasteiger partial charge in [-0.1, -0.05) is 6.07 Å². The number of hydrogen-bond acceptors (Lipinski definition) is 8. The van der Waals surface area contributed by atoms with Gasteiger partial charge in [-0.3, -0.25) is 4.79 Å². The molecule has 4 rings (SSSR count). The molecule has 0 saturated carbocycles. The number of nitrogens with zero attached hydrogens (tertiary/aromatic N) is 5. The summed E-state index contributed by atoms with van der Waals surface area (Å²) in [6, 6.07) is 12.7. The number of methoxy groups -OCH3 is 2. The number of amides is 1. The zero-order valence-electron chi connectivity index (χ0n) is 15.6. The minimum absolute atomic E-state index is 0.301. The molecule has 146 valence electrons. The average molecular weight is 408 g/mol. The van der Waals surface area contributed by atoms with Gasteiger partial charge in [0.25, 0.3) is 5.91 Å². The summed E-state index contributed by atoms with van der Waals surface area (Å²) >= 11 is 1.36. The van der Waals surface area contributed by atoms with Gasteiger partial charge in [-0.2, -0.15) is 0 Å². The van der Waals surface area contributed by atoms with Gasteiger partial charge in [0.2, 0.25) is 0 Å². The molecule has 0 saturated heterocycles. The largest absolute Gasteiger partial charge is 0.493 e. The Hall–Kier alpha value is -3.79. The highest BCUT2D eigenvalue weighted by Gasteiger charge is 2.17. The van der Waals surface area contributed by atoms with Crippen molar-refractivity contribution in [2.75, 3.05) is 19.5 Å². The normalized spacial score (nSPS) is 10.6. The van der Waals surface area contributed by atoms with E-state index in [0.29, 0.717) is 27.9 Å². The predicted octanol–water partition coefficient (Wildman–Crippen LogP) is 3.06. The number of hydrogen-bond donors (Lipinski definition) is 1. The van der Waals surface area contributed by atoms with Gasteiger partial charge in [-0.15, -0.1) is 16.4 Å². The third-order valence-corrected chi connectivity index (χ3v) is 4.98. The van der Waals surface area contributed by atoms with Gasteiger partial charge in [0.15, 0.2) is 11.5 Å².